The van der Waals surface area contributed by atoms with Gasteiger partial charge in [-0.15, -0.1) is 0 Å². The lowest BCUT2D eigenvalue weighted by Gasteiger charge is -2.12. The SMILES string of the molecule is COc1ccc(NC(=O)c2cc(-c3ccccc3)on2)cc1OCc1cccnc1. The zero-order valence-corrected chi connectivity index (χ0v) is 16.2. The molecule has 0 aliphatic heterocycles. The minimum Gasteiger partial charge on any atom is -0.493 e. The first-order valence-corrected chi connectivity index (χ1v) is 9.26. The Kier molecular flexibility index (Phi) is 5.70. The van der Waals surface area contributed by atoms with E-state index in [-0.39, 0.29) is 11.6 Å². The molecule has 4 rings (SSSR count). The first-order chi connectivity index (χ1) is 14.7. The van der Waals surface area contributed by atoms with Gasteiger partial charge in [0.15, 0.2) is 23.0 Å². The third-order valence-corrected chi connectivity index (χ3v) is 4.34. The molecule has 0 saturated heterocycles. The van der Waals surface area contributed by atoms with Gasteiger partial charge in [0, 0.05) is 41.3 Å². The van der Waals surface area contributed by atoms with Crippen LogP contribution in [0.4, 0.5) is 5.69 Å². The smallest absolute Gasteiger partial charge is 0.277 e. The minimum atomic E-state index is -0.385. The average Bonchev–Trinajstić information content (AvgIpc) is 3.30. The van der Waals surface area contributed by atoms with Crippen molar-refractivity contribution >= 4 is 11.6 Å². The molecule has 0 aliphatic carbocycles. The number of hydrogen-bond donors (Lipinski definition) is 1. The summed E-state index contributed by atoms with van der Waals surface area (Å²) in [6.45, 7) is 0.325. The number of carbonyl (C=O) groups excluding carboxylic acids is 1. The quantitative estimate of drug-likeness (QED) is 0.488. The van der Waals surface area contributed by atoms with Gasteiger partial charge in [-0.25, -0.2) is 0 Å². The van der Waals surface area contributed by atoms with Gasteiger partial charge in [-0.3, -0.25) is 9.78 Å². The zero-order valence-electron chi connectivity index (χ0n) is 16.2. The van der Waals surface area contributed by atoms with Gasteiger partial charge in [0.05, 0.1) is 7.11 Å². The molecule has 0 radical (unpaired) electrons. The summed E-state index contributed by atoms with van der Waals surface area (Å²) in [4.78, 5) is 16.7. The molecule has 0 aliphatic rings. The van der Waals surface area contributed by atoms with E-state index < -0.39 is 0 Å². The standard InChI is InChI=1S/C23H19N3O4/c1-28-20-10-9-18(12-22(20)29-15-16-6-5-11-24-14-16)25-23(27)19-13-21(30-26-19)17-7-3-2-4-8-17/h2-14H,15H2,1H3,(H,25,27). The number of nitrogens with one attached hydrogen (secondary N) is 1. The average molecular weight is 401 g/mol. The number of rotatable bonds is 7. The molecule has 7 heteroatoms. The van der Waals surface area contributed by atoms with Crippen LogP contribution in [0.3, 0.4) is 0 Å². The molecule has 150 valence electrons. The molecule has 0 bridgehead atoms. The second kappa shape index (κ2) is 8.91. The van der Waals surface area contributed by atoms with Crippen molar-refractivity contribution in [3.05, 3.63) is 90.4 Å². The molecule has 0 fully saturated rings. The van der Waals surface area contributed by atoms with E-state index in [1.54, 1.807) is 43.8 Å². The van der Waals surface area contributed by atoms with Crippen LogP contribution in [-0.4, -0.2) is 23.2 Å². The molecule has 1 N–H and O–H groups in total. The third-order valence-electron chi connectivity index (χ3n) is 4.34. The molecule has 4 aromatic rings. The first-order valence-electron chi connectivity index (χ1n) is 9.26. The van der Waals surface area contributed by atoms with E-state index in [0.717, 1.165) is 11.1 Å². The summed E-state index contributed by atoms with van der Waals surface area (Å²) in [7, 11) is 1.56. The topological polar surface area (TPSA) is 86.5 Å². The number of amides is 1. The summed E-state index contributed by atoms with van der Waals surface area (Å²) < 4.78 is 16.5. The fourth-order valence-corrected chi connectivity index (χ4v) is 2.83. The van der Waals surface area contributed by atoms with Gasteiger partial charge in [-0.1, -0.05) is 41.6 Å². The maximum absolute atomic E-state index is 12.6. The van der Waals surface area contributed by atoms with Gasteiger partial charge in [0.1, 0.15) is 6.61 Å². The highest BCUT2D eigenvalue weighted by Crippen LogP contribution is 2.31. The summed E-state index contributed by atoms with van der Waals surface area (Å²) in [6, 6.07) is 20.0. The van der Waals surface area contributed by atoms with Crippen molar-refractivity contribution in [1.82, 2.24) is 10.1 Å². The number of anilines is 1. The lowest BCUT2D eigenvalue weighted by molar-refractivity contribution is 0.101. The molecule has 7 nitrogen and oxygen atoms in total. The Hall–Kier alpha value is -4.13. The van der Waals surface area contributed by atoms with Crippen molar-refractivity contribution in [2.45, 2.75) is 6.61 Å². The predicted molar refractivity (Wildman–Crippen MR) is 111 cm³/mol. The fraction of sp³-hybridized carbons (Fsp3) is 0.0870. The Morgan fingerprint density at radius 2 is 1.90 bits per heavy atom. The van der Waals surface area contributed by atoms with Crippen molar-refractivity contribution in [2.24, 2.45) is 0 Å². The maximum Gasteiger partial charge on any atom is 0.277 e. The highest BCUT2D eigenvalue weighted by molar-refractivity contribution is 6.03. The van der Waals surface area contributed by atoms with Gasteiger partial charge < -0.3 is 19.3 Å². The predicted octanol–water partition coefficient (Wildman–Crippen LogP) is 4.58. The van der Waals surface area contributed by atoms with Gasteiger partial charge >= 0.3 is 0 Å². The van der Waals surface area contributed by atoms with Crippen molar-refractivity contribution in [3.8, 4) is 22.8 Å². The van der Waals surface area contributed by atoms with Crippen LogP contribution < -0.4 is 14.8 Å². The molecule has 30 heavy (non-hydrogen) atoms. The molecule has 0 saturated carbocycles. The Morgan fingerprint density at radius 3 is 2.67 bits per heavy atom. The number of nitrogens with zero attached hydrogens (tertiary/aromatic N) is 2. The number of methoxy groups -OCH3 is 1. The number of ether oxygens (including phenoxy) is 2. The summed E-state index contributed by atoms with van der Waals surface area (Å²) in [5.74, 6) is 1.20. The number of carbonyl (C=O) groups is 1. The van der Waals surface area contributed by atoms with E-state index in [1.165, 1.54) is 0 Å². The van der Waals surface area contributed by atoms with Crippen LogP contribution in [0.25, 0.3) is 11.3 Å². The maximum atomic E-state index is 12.6. The Bertz CT molecular complexity index is 1130. The molecular formula is C23H19N3O4. The van der Waals surface area contributed by atoms with Crippen molar-refractivity contribution in [2.75, 3.05) is 12.4 Å². The summed E-state index contributed by atoms with van der Waals surface area (Å²) in [5, 5.41) is 6.67. The lowest BCUT2D eigenvalue weighted by atomic mass is 10.1. The van der Waals surface area contributed by atoms with Crippen LogP contribution >= 0.6 is 0 Å². The molecule has 2 heterocycles. The van der Waals surface area contributed by atoms with Crippen molar-refractivity contribution in [3.63, 3.8) is 0 Å². The Morgan fingerprint density at radius 1 is 1.03 bits per heavy atom. The van der Waals surface area contributed by atoms with Crippen LogP contribution in [0, 0.1) is 0 Å². The monoisotopic (exact) mass is 401 g/mol. The van der Waals surface area contributed by atoms with Crippen LogP contribution in [0.15, 0.2) is 83.6 Å². The third kappa shape index (κ3) is 4.47. The number of pyridine rings is 1. The normalized spacial score (nSPS) is 10.4. The highest BCUT2D eigenvalue weighted by atomic mass is 16.5. The molecule has 0 spiro atoms. The second-order valence-electron chi connectivity index (χ2n) is 6.41. The fourth-order valence-electron chi connectivity index (χ4n) is 2.83. The van der Waals surface area contributed by atoms with Crippen LogP contribution in [-0.2, 0) is 6.61 Å². The summed E-state index contributed by atoms with van der Waals surface area (Å²) in [6.07, 6.45) is 3.43. The van der Waals surface area contributed by atoms with E-state index >= 15 is 0 Å². The van der Waals surface area contributed by atoms with Gasteiger partial charge in [-0.05, 0) is 18.2 Å². The number of hydrogen-bond acceptors (Lipinski definition) is 6. The minimum absolute atomic E-state index is 0.183. The zero-order chi connectivity index (χ0) is 20.8. The molecule has 2 aromatic carbocycles. The number of benzene rings is 2. The van der Waals surface area contributed by atoms with Crippen LogP contribution in [0.2, 0.25) is 0 Å². The molecule has 0 atom stereocenters. The van der Waals surface area contributed by atoms with Crippen molar-refractivity contribution in [1.29, 1.82) is 0 Å². The van der Waals surface area contributed by atoms with Gasteiger partial charge in [0.25, 0.3) is 5.91 Å². The second-order valence-corrected chi connectivity index (χ2v) is 6.41. The highest BCUT2D eigenvalue weighted by Gasteiger charge is 2.15. The van der Waals surface area contributed by atoms with E-state index in [9.17, 15) is 4.79 Å². The van der Waals surface area contributed by atoms with E-state index in [4.69, 9.17) is 14.0 Å². The molecule has 0 unspecified atom stereocenters. The Labute approximate surface area is 173 Å². The largest absolute Gasteiger partial charge is 0.493 e. The van der Waals surface area contributed by atoms with Crippen molar-refractivity contribution < 1.29 is 18.8 Å². The summed E-state index contributed by atoms with van der Waals surface area (Å²) in [5.41, 5.74) is 2.50. The lowest BCUT2D eigenvalue weighted by Crippen LogP contribution is -2.12. The van der Waals surface area contributed by atoms with E-state index in [0.29, 0.717) is 29.6 Å². The van der Waals surface area contributed by atoms with E-state index in [2.05, 4.69) is 15.5 Å². The molecule has 2 aromatic heterocycles. The van der Waals surface area contributed by atoms with Crippen LogP contribution in [0.1, 0.15) is 16.1 Å². The van der Waals surface area contributed by atoms with E-state index in [1.807, 2.05) is 42.5 Å². The van der Waals surface area contributed by atoms with Gasteiger partial charge in [-0.2, -0.15) is 0 Å². The van der Waals surface area contributed by atoms with Crippen LogP contribution in [0.5, 0.6) is 11.5 Å². The Balaban J connectivity index is 1.47. The number of aromatic nitrogens is 2. The van der Waals surface area contributed by atoms with Gasteiger partial charge in [0.2, 0.25) is 0 Å². The molecular weight excluding hydrogens is 382 g/mol. The first kappa shape index (κ1) is 19.2. The summed E-state index contributed by atoms with van der Waals surface area (Å²) >= 11 is 0. The molecule has 1 amide bonds.